The summed E-state index contributed by atoms with van der Waals surface area (Å²) in [4.78, 5) is 35.6. The predicted octanol–water partition coefficient (Wildman–Crippen LogP) is 7.95. The molecule has 4 fully saturated rings. The number of Topliss-reactive ketones (excluding diaryl/α,β-unsaturated/α-hetero) is 1. The van der Waals surface area contributed by atoms with Gasteiger partial charge in [-0.1, -0.05) is 54.4 Å². The maximum atomic E-state index is 14.2. The van der Waals surface area contributed by atoms with Gasteiger partial charge in [-0.25, -0.2) is 0 Å². The normalized spacial score (nSPS) is 40.6. The van der Waals surface area contributed by atoms with Crippen molar-refractivity contribution in [1.82, 2.24) is 0 Å². The number of carboxylic acid groups (broad SMARTS) is 1. The van der Waals surface area contributed by atoms with Crippen LogP contribution in [0.5, 0.6) is 0 Å². The van der Waals surface area contributed by atoms with Crippen LogP contribution in [0, 0.1) is 58.2 Å². The molecule has 0 saturated heterocycles. The van der Waals surface area contributed by atoms with E-state index in [2.05, 4.69) is 34.6 Å². The average Bonchev–Trinajstić information content (AvgIpc) is 3.23. The molecule has 0 heterocycles. The monoisotopic (exact) mass is 532 g/mol. The molecular weight excluding hydrogens is 476 g/mol. The molecular formula is C33H56O5. The van der Waals surface area contributed by atoms with Crippen LogP contribution < -0.4 is 0 Å². The lowest BCUT2D eigenvalue weighted by molar-refractivity contribution is -0.170. The Balaban J connectivity index is 0.000000732. The number of hydrogen-bond donors (Lipinski definition) is 1. The third-order valence-electron chi connectivity index (χ3n) is 11.7. The van der Waals surface area contributed by atoms with E-state index in [0.717, 1.165) is 25.2 Å². The SMILES string of the molecule is CCC(=O)O.CCCC1C(=O)C2C(CC[C@@]3(C)C2CCC3[C@H](C)CCC(=O)OCC)[C@@]2(C)CC[C@@H](C)CC12. The van der Waals surface area contributed by atoms with Gasteiger partial charge in [0, 0.05) is 24.7 Å². The van der Waals surface area contributed by atoms with Crippen LogP contribution in [0.2, 0.25) is 0 Å². The molecule has 0 aromatic heterocycles. The van der Waals surface area contributed by atoms with Crippen LogP contribution in [0.1, 0.15) is 126 Å². The summed E-state index contributed by atoms with van der Waals surface area (Å²) in [5.41, 5.74) is 0.618. The van der Waals surface area contributed by atoms with Crippen LogP contribution in [0.15, 0.2) is 0 Å². The van der Waals surface area contributed by atoms with Gasteiger partial charge in [0.2, 0.25) is 0 Å². The number of rotatable bonds is 8. The smallest absolute Gasteiger partial charge is 0.305 e. The first kappa shape index (κ1) is 31.1. The maximum Gasteiger partial charge on any atom is 0.305 e. The second-order valence-corrected chi connectivity index (χ2v) is 13.8. The minimum atomic E-state index is -0.745. The van der Waals surface area contributed by atoms with Gasteiger partial charge in [-0.2, -0.15) is 0 Å². The molecule has 0 aromatic carbocycles. The van der Waals surface area contributed by atoms with Crippen molar-refractivity contribution in [3.05, 3.63) is 0 Å². The Bertz CT molecular complexity index is 837. The van der Waals surface area contributed by atoms with Crippen LogP contribution in [0.3, 0.4) is 0 Å². The minimum absolute atomic E-state index is 0.0527. The summed E-state index contributed by atoms with van der Waals surface area (Å²) in [6.45, 7) is 16.1. The van der Waals surface area contributed by atoms with E-state index in [9.17, 15) is 14.4 Å². The lowest BCUT2D eigenvalue weighted by atomic mass is 9.41. The predicted molar refractivity (Wildman–Crippen MR) is 152 cm³/mol. The Hall–Kier alpha value is -1.39. The molecule has 4 aliphatic carbocycles. The highest BCUT2D eigenvalue weighted by atomic mass is 16.5. The standard InChI is InChI=1S/C30H50O3.C3H6O2/c1-7-9-21-25-18-19(3)14-16-30(25,6)24-15-17-29(5)22(11-12-23(29)27(24)28(21)32)20(4)10-13-26(31)33-8-2;1-2-3(4)5/h19-25,27H,7-18H2,1-6H3;2H2,1H3,(H,4,5)/t19-,20-,21?,22?,23?,24?,25?,27?,29-,30-;/m1./s1. The first-order valence-electron chi connectivity index (χ1n) is 15.9. The highest BCUT2D eigenvalue weighted by Gasteiger charge is 2.64. The molecule has 0 aromatic rings. The van der Waals surface area contributed by atoms with Crippen molar-refractivity contribution in [1.29, 1.82) is 0 Å². The number of carboxylic acids is 1. The van der Waals surface area contributed by atoms with Gasteiger partial charge in [-0.15, -0.1) is 0 Å². The molecule has 0 radical (unpaired) electrons. The third kappa shape index (κ3) is 6.02. The van der Waals surface area contributed by atoms with E-state index in [4.69, 9.17) is 9.84 Å². The zero-order valence-electron chi connectivity index (χ0n) is 25.4. The summed E-state index contributed by atoms with van der Waals surface area (Å²) >= 11 is 0. The van der Waals surface area contributed by atoms with E-state index < -0.39 is 5.97 Å². The Kier molecular flexibility index (Phi) is 10.5. The van der Waals surface area contributed by atoms with Crippen molar-refractivity contribution in [2.75, 3.05) is 6.61 Å². The topological polar surface area (TPSA) is 80.7 Å². The molecule has 0 amide bonds. The van der Waals surface area contributed by atoms with Gasteiger partial charge in [0.05, 0.1) is 6.61 Å². The Morgan fingerprint density at radius 3 is 2.24 bits per heavy atom. The molecule has 10 atom stereocenters. The van der Waals surface area contributed by atoms with Gasteiger partial charge in [-0.05, 0) is 105 Å². The molecule has 38 heavy (non-hydrogen) atoms. The van der Waals surface area contributed by atoms with Crippen molar-refractivity contribution < 1.29 is 24.2 Å². The molecule has 5 nitrogen and oxygen atoms in total. The molecule has 0 spiro atoms. The number of hydrogen-bond acceptors (Lipinski definition) is 4. The fourth-order valence-corrected chi connectivity index (χ4v) is 9.78. The van der Waals surface area contributed by atoms with E-state index in [0.29, 0.717) is 59.7 Å². The van der Waals surface area contributed by atoms with Crippen LogP contribution in [-0.2, 0) is 19.1 Å². The third-order valence-corrected chi connectivity index (χ3v) is 11.7. The fraction of sp³-hybridized carbons (Fsp3) is 0.909. The number of esters is 1. The van der Waals surface area contributed by atoms with E-state index in [1.165, 1.54) is 44.9 Å². The number of aliphatic carboxylic acids is 1. The molecule has 0 aliphatic heterocycles. The van der Waals surface area contributed by atoms with Gasteiger partial charge in [0.25, 0.3) is 0 Å². The lowest BCUT2D eigenvalue weighted by Gasteiger charge is -2.62. The zero-order chi connectivity index (χ0) is 28.3. The van der Waals surface area contributed by atoms with E-state index in [1.807, 2.05) is 6.92 Å². The van der Waals surface area contributed by atoms with Gasteiger partial charge < -0.3 is 9.84 Å². The number of ketones is 1. The van der Waals surface area contributed by atoms with Crippen molar-refractivity contribution in [3.8, 4) is 0 Å². The minimum Gasteiger partial charge on any atom is -0.481 e. The zero-order valence-corrected chi connectivity index (χ0v) is 25.4. The molecule has 1 N–H and O–H groups in total. The van der Waals surface area contributed by atoms with Crippen LogP contribution in [0.4, 0.5) is 0 Å². The quantitative estimate of drug-likeness (QED) is 0.321. The first-order chi connectivity index (χ1) is 17.9. The van der Waals surface area contributed by atoms with Gasteiger partial charge in [0.1, 0.15) is 5.78 Å². The molecule has 4 saturated carbocycles. The highest BCUT2D eigenvalue weighted by molar-refractivity contribution is 5.86. The maximum absolute atomic E-state index is 14.2. The van der Waals surface area contributed by atoms with Crippen molar-refractivity contribution >= 4 is 17.7 Å². The number of ether oxygens (including phenoxy) is 1. The summed E-state index contributed by atoms with van der Waals surface area (Å²) in [7, 11) is 0. The van der Waals surface area contributed by atoms with Crippen LogP contribution in [0.25, 0.3) is 0 Å². The molecule has 0 bridgehead atoms. The molecule has 4 aliphatic rings. The fourth-order valence-electron chi connectivity index (χ4n) is 9.78. The van der Waals surface area contributed by atoms with E-state index >= 15 is 0 Å². The Morgan fingerprint density at radius 2 is 1.63 bits per heavy atom. The van der Waals surface area contributed by atoms with Crippen molar-refractivity contribution in [2.45, 2.75) is 126 Å². The first-order valence-corrected chi connectivity index (χ1v) is 15.9. The second-order valence-electron chi connectivity index (χ2n) is 13.8. The van der Waals surface area contributed by atoms with E-state index in [1.54, 1.807) is 6.92 Å². The number of carbonyl (C=O) groups is 3. The summed E-state index contributed by atoms with van der Waals surface area (Å²) in [5, 5.41) is 7.72. The van der Waals surface area contributed by atoms with E-state index in [-0.39, 0.29) is 23.7 Å². The molecule has 5 heteroatoms. The van der Waals surface area contributed by atoms with Gasteiger partial charge in [0.15, 0.2) is 0 Å². The summed E-state index contributed by atoms with van der Waals surface area (Å²) in [6.07, 6.45) is 12.8. The number of fused-ring (bicyclic) bond motifs is 5. The summed E-state index contributed by atoms with van der Waals surface area (Å²) in [6, 6.07) is 0. The van der Waals surface area contributed by atoms with Crippen LogP contribution in [-0.4, -0.2) is 29.4 Å². The Morgan fingerprint density at radius 1 is 1.00 bits per heavy atom. The lowest BCUT2D eigenvalue weighted by Crippen LogP contribution is -2.60. The summed E-state index contributed by atoms with van der Waals surface area (Å²) in [5.74, 6) is 4.14. The molecule has 4 rings (SSSR count). The largest absolute Gasteiger partial charge is 0.481 e. The van der Waals surface area contributed by atoms with Gasteiger partial charge >= 0.3 is 11.9 Å². The average molecular weight is 533 g/mol. The van der Waals surface area contributed by atoms with Crippen LogP contribution >= 0.6 is 0 Å². The van der Waals surface area contributed by atoms with Crippen molar-refractivity contribution in [2.24, 2.45) is 58.2 Å². The van der Waals surface area contributed by atoms with Gasteiger partial charge in [-0.3, -0.25) is 14.4 Å². The molecule has 6 unspecified atom stereocenters. The molecule has 218 valence electrons. The Labute approximate surface area is 232 Å². The second kappa shape index (κ2) is 12.9. The van der Waals surface area contributed by atoms with Crippen molar-refractivity contribution in [3.63, 3.8) is 0 Å². The summed E-state index contributed by atoms with van der Waals surface area (Å²) < 4.78 is 5.19. The highest BCUT2D eigenvalue weighted by Crippen LogP contribution is 2.69. The number of carbonyl (C=O) groups excluding carboxylic acids is 2.